The summed E-state index contributed by atoms with van der Waals surface area (Å²) in [4.78, 5) is 7.88. The molecule has 0 aliphatic carbocycles. The molecule has 4 rings (SSSR count). The van der Waals surface area contributed by atoms with Crippen LogP contribution in [0.25, 0.3) is 10.9 Å². The summed E-state index contributed by atoms with van der Waals surface area (Å²) in [6, 6.07) is 14.6. The number of aromatic nitrogens is 4. The van der Waals surface area contributed by atoms with E-state index in [0.717, 1.165) is 30.6 Å². The number of rotatable bonds is 7. The Morgan fingerprint density at radius 2 is 1.93 bits per heavy atom. The molecule has 2 aromatic carbocycles. The van der Waals surface area contributed by atoms with E-state index in [1.165, 1.54) is 22.1 Å². The summed E-state index contributed by atoms with van der Waals surface area (Å²) in [6.45, 7) is 4.99. The quantitative estimate of drug-likeness (QED) is 0.441. The van der Waals surface area contributed by atoms with Crippen molar-refractivity contribution in [2.75, 3.05) is 17.2 Å². The van der Waals surface area contributed by atoms with Gasteiger partial charge in [-0.2, -0.15) is 10.1 Å². The number of anilines is 3. The number of hydrogen-bond acceptors (Lipinski definition) is 5. The van der Waals surface area contributed by atoms with Gasteiger partial charge in [0.05, 0.1) is 6.20 Å². The van der Waals surface area contributed by atoms with Gasteiger partial charge < -0.3 is 15.6 Å². The lowest BCUT2D eigenvalue weighted by molar-refractivity contribution is 0.950. The third kappa shape index (κ3) is 3.81. The minimum Gasteiger partial charge on any atom is -0.368 e. The molecule has 0 aliphatic rings. The van der Waals surface area contributed by atoms with Gasteiger partial charge in [0.15, 0.2) is 5.82 Å². The van der Waals surface area contributed by atoms with Crippen molar-refractivity contribution in [3.63, 3.8) is 0 Å². The van der Waals surface area contributed by atoms with Gasteiger partial charge in [0, 0.05) is 29.3 Å². The first-order valence-corrected chi connectivity index (χ1v) is 9.58. The third-order valence-electron chi connectivity index (χ3n) is 4.91. The summed E-state index contributed by atoms with van der Waals surface area (Å²) < 4.78 is 0. The molecular formula is C22H24N6. The molecular weight excluding hydrogens is 348 g/mol. The van der Waals surface area contributed by atoms with Crippen LogP contribution < -0.4 is 10.6 Å². The van der Waals surface area contributed by atoms with Crippen molar-refractivity contribution in [2.45, 2.75) is 26.7 Å². The minimum atomic E-state index is 0.501. The molecule has 0 saturated heterocycles. The SMILES string of the molecule is CCc1cccc(C)c1Nc1nncc(NCCc2c[nH]c3ccccc23)n1. The van der Waals surface area contributed by atoms with Gasteiger partial charge in [-0.3, -0.25) is 0 Å². The van der Waals surface area contributed by atoms with Crippen molar-refractivity contribution < 1.29 is 0 Å². The van der Waals surface area contributed by atoms with Crippen LogP contribution in [0.15, 0.2) is 54.9 Å². The molecule has 0 fully saturated rings. The molecule has 0 saturated carbocycles. The highest BCUT2D eigenvalue weighted by atomic mass is 15.3. The number of para-hydroxylation sites is 2. The van der Waals surface area contributed by atoms with Crippen molar-refractivity contribution in [2.24, 2.45) is 0 Å². The van der Waals surface area contributed by atoms with Crippen LogP contribution in [0.1, 0.15) is 23.6 Å². The number of nitrogens with one attached hydrogen (secondary N) is 3. The average Bonchev–Trinajstić information content (AvgIpc) is 3.13. The molecule has 2 heterocycles. The van der Waals surface area contributed by atoms with Crippen LogP contribution >= 0.6 is 0 Å². The molecule has 0 atom stereocenters. The standard InChI is InChI=1S/C22H24N6/c1-3-16-8-6-7-15(2)21(16)27-22-26-20(14-25-28-22)23-12-11-17-13-24-19-10-5-4-9-18(17)19/h4-10,13-14,24H,3,11-12H2,1-2H3,(H2,23,26,27,28). The molecule has 6 nitrogen and oxygen atoms in total. The molecule has 4 aromatic rings. The topological polar surface area (TPSA) is 78.5 Å². The molecule has 142 valence electrons. The maximum Gasteiger partial charge on any atom is 0.249 e. The van der Waals surface area contributed by atoms with Gasteiger partial charge in [-0.15, -0.1) is 5.10 Å². The summed E-state index contributed by atoms with van der Waals surface area (Å²) in [6.07, 6.45) is 5.57. The highest BCUT2D eigenvalue weighted by molar-refractivity contribution is 5.83. The normalized spacial score (nSPS) is 10.9. The molecule has 0 radical (unpaired) electrons. The Kier molecular flexibility index (Phi) is 5.19. The van der Waals surface area contributed by atoms with Crippen molar-refractivity contribution in [3.05, 3.63) is 71.5 Å². The fraction of sp³-hybridized carbons (Fsp3) is 0.227. The zero-order chi connectivity index (χ0) is 19.3. The van der Waals surface area contributed by atoms with E-state index in [-0.39, 0.29) is 0 Å². The number of fused-ring (bicyclic) bond motifs is 1. The second-order valence-electron chi connectivity index (χ2n) is 6.79. The van der Waals surface area contributed by atoms with Gasteiger partial charge in [0.1, 0.15) is 0 Å². The molecule has 0 aliphatic heterocycles. The third-order valence-corrected chi connectivity index (χ3v) is 4.91. The average molecular weight is 372 g/mol. The van der Waals surface area contributed by atoms with Crippen LogP contribution in [0.4, 0.5) is 17.5 Å². The van der Waals surface area contributed by atoms with Crippen LogP contribution in [0, 0.1) is 6.92 Å². The molecule has 3 N–H and O–H groups in total. The molecule has 28 heavy (non-hydrogen) atoms. The molecule has 0 amide bonds. The van der Waals surface area contributed by atoms with E-state index in [1.54, 1.807) is 6.20 Å². The van der Waals surface area contributed by atoms with Crippen LogP contribution in [-0.2, 0) is 12.8 Å². The van der Waals surface area contributed by atoms with Crippen molar-refractivity contribution in [1.29, 1.82) is 0 Å². The van der Waals surface area contributed by atoms with Gasteiger partial charge in [-0.05, 0) is 42.5 Å². The maximum absolute atomic E-state index is 4.56. The second kappa shape index (κ2) is 8.08. The highest BCUT2D eigenvalue weighted by Gasteiger charge is 2.08. The monoisotopic (exact) mass is 372 g/mol. The molecule has 6 heteroatoms. The first kappa shape index (κ1) is 18.0. The predicted molar refractivity (Wildman–Crippen MR) is 114 cm³/mol. The van der Waals surface area contributed by atoms with E-state index < -0.39 is 0 Å². The Bertz CT molecular complexity index is 1090. The molecule has 0 spiro atoms. The summed E-state index contributed by atoms with van der Waals surface area (Å²) >= 11 is 0. The number of nitrogens with zero attached hydrogens (tertiary/aromatic N) is 3. The number of hydrogen-bond donors (Lipinski definition) is 3. The van der Waals surface area contributed by atoms with Crippen LogP contribution in [0.2, 0.25) is 0 Å². The van der Waals surface area contributed by atoms with Crippen molar-refractivity contribution in [1.82, 2.24) is 20.2 Å². The zero-order valence-corrected chi connectivity index (χ0v) is 16.2. The van der Waals surface area contributed by atoms with Gasteiger partial charge in [0.25, 0.3) is 0 Å². The van der Waals surface area contributed by atoms with E-state index in [1.807, 2.05) is 6.07 Å². The Hall–Kier alpha value is -3.41. The van der Waals surface area contributed by atoms with E-state index >= 15 is 0 Å². The van der Waals surface area contributed by atoms with E-state index in [2.05, 4.69) is 87.2 Å². The van der Waals surface area contributed by atoms with Gasteiger partial charge in [-0.1, -0.05) is 43.3 Å². The first-order valence-electron chi connectivity index (χ1n) is 9.58. The first-order chi connectivity index (χ1) is 13.7. The van der Waals surface area contributed by atoms with Gasteiger partial charge >= 0.3 is 0 Å². The van der Waals surface area contributed by atoms with Crippen LogP contribution in [0.3, 0.4) is 0 Å². The Balaban J connectivity index is 1.43. The fourth-order valence-corrected chi connectivity index (χ4v) is 3.42. The van der Waals surface area contributed by atoms with E-state index in [0.29, 0.717) is 11.8 Å². The van der Waals surface area contributed by atoms with Gasteiger partial charge in [-0.25, -0.2) is 0 Å². The Morgan fingerprint density at radius 1 is 1.04 bits per heavy atom. The largest absolute Gasteiger partial charge is 0.368 e. The summed E-state index contributed by atoms with van der Waals surface area (Å²) in [5.74, 6) is 1.21. The molecule has 0 unspecified atom stereocenters. The summed E-state index contributed by atoms with van der Waals surface area (Å²) in [5.41, 5.74) is 5.92. The Labute approximate surface area is 164 Å². The summed E-state index contributed by atoms with van der Waals surface area (Å²) in [7, 11) is 0. The van der Waals surface area contributed by atoms with Crippen LogP contribution in [0.5, 0.6) is 0 Å². The Morgan fingerprint density at radius 3 is 2.82 bits per heavy atom. The lowest BCUT2D eigenvalue weighted by Gasteiger charge is -2.13. The maximum atomic E-state index is 4.56. The lowest BCUT2D eigenvalue weighted by atomic mass is 10.1. The molecule has 2 aromatic heterocycles. The van der Waals surface area contributed by atoms with Crippen LogP contribution in [-0.4, -0.2) is 26.7 Å². The smallest absolute Gasteiger partial charge is 0.249 e. The number of aromatic amines is 1. The number of aryl methyl sites for hydroxylation is 2. The predicted octanol–water partition coefficient (Wildman–Crippen LogP) is 4.62. The lowest BCUT2D eigenvalue weighted by Crippen LogP contribution is -2.09. The fourth-order valence-electron chi connectivity index (χ4n) is 3.42. The van der Waals surface area contributed by atoms with E-state index in [9.17, 15) is 0 Å². The second-order valence-corrected chi connectivity index (χ2v) is 6.79. The van der Waals surface area contributed by atoms with Crippen molar-refractivity contribution in [3.8, 4) is 0 Å². The number of H-pyrrole nitrogens is 1. The summed E-state index contributed by atoms with van der Waals surface area (Å²) in [5, 5.41) is 16.2. The zero-order valence-electron chi connectivity index (χ0n) is 16.2. The van der Waals surface area contributed by atoms with E-state index in [4.69, 9.17) is 0 Å². The van der Waals surface area contributed by atoms with Gasteiger partial charge in [0.2, 0.25) is 5.95 Å². The minimum absolute atomic E-state index is 0.501. The molecule has 0 bridgehead atoms. The number of benzene rings is 2. The highest BCUT2D eigenvalue weighted by Crippen LogP contribution is 2.24. The van der Waals surface area contributed by atoms with Crippen molar-refractivity contribution >= 4 is 28.4 Å².